The number of morpholine rings is 1. The molecule has 4 nitrogen and oxygen atoms in total. The smallest absolute Gasteiger partial charge is 0.223 e. The lowest BCUT2D eigenvalue weighted by Crippen LogP contribution is -2.44. The maximum absolute atomic E-state index is 13.1. The first-order chi connectivity index (χ1) is 10.2. The first-order valence-corrected chi connectivity index (χ1v) is 7.59. The fraction of sp³-hybridized carbons (Fsp3) is 0.562. The van der Waals surface area contributed by atoms with Gasteiger partial charge in [-0.1, -0.05) is 12.1 Å². The van der Waals surface area contributed by atoms with Gasteiger partial charge in [-0.2, -0.15) is 0 Å². The Hall–Kier alpha value is -1.46. The predicted octanol–water partition coefficient (Wildman–Crippen LogP) is 1.73. The van der Waals surface area contributed by atoms with Crippen LogP contribution in [0, 0.1) is 11.7 Å². The number of carbonyl (C=O) groups excluding carboxylic acids is 1. The molecule has 3 rings (SSSR count). The lowest BCUT2D eigenvalue weighted by molar-refractivity contribution is -0.122. The number of nitrogens with one attached hydrogen (secondary N) is 1. The van der Waals surface area contributed by atoms with Gasteiger partial charge in [0.05, 0.1) is 19.3 Å². The molecule has 1 aromatic carbocycles. The quantitative estimate of drug-likeness (QED) is 0.898. The van der Waals surface area contributed by atoms with Gasteiger partial charge in [0.25, 0.3) is 0 Å². The SMILES string of the molecule is O=C(NCC(c1ccc(F)cc1)N1CCOCC1)C1CC1. The van der Waals surface area contributed by atoms with Crippen molar-refractivity contribution in [3.63, 3.8) is 0 Å². The van der Waals surface area contributed by atoms with Gasteiger partial charge >= 0.3 is 0 Å². The largest absolute Gasteiger partial charge is 0.379 e. The van der Waals surface area contributed by atoms with E-state index in [0.717, 1.165) is 31.5 Å². The summed E-state index contributed by atoms with van der Waals surface area (Å²) in [4.78, 5) is 14.2. The van der Waals surface area contributed by atoms with Gasteiger partial charge in [0.1, 0.15) is 5.82 Å². The Morgan fingerprint density at radius 1 is 1.29 bits per heavy atom. The molecule has 0 radical (unpaired) electrons. The van der Waals surface area contributed by atoms with E-state index in [9.17, 15) is 9.18 Å². The van der Waals surface area contributed by atoms with Crippen LogP contribution in [0.2, 0.25) is 0 Å². The van der Waals surface area contributed by atoms with Crippen molar-refractivity contribution in [1.82, 2.24) is 10.2 Å². The Bertz CT molecular complexity index is 482. The summed E-state index contributed by atoms with van der Waals surface area (Å²) < 4.78 is 18.5. The molecule has 21 heavy (non-hydrogen) atoms. The Balaban J connectivity index is 1.69. The van der Waals surface area contributed by atoms with Crippen LogP contribution < -0.4 is 5.32 Å². The number of carbonyl (C=O) groups is 1. The van der Waals surface area contributed by atoms with Crippen molar-refractivity contribution >= 4 is 5.91 Å². The molecule has 1 unspecified atom stereocenters. The lowest BCUT2D eigenvalue weighted by atomic mass is 10.0. The number of amides is 1. The van der Waals surface area contributed by atoms with Crippen LogP contribution >= 0.6 is 0 Å². The van der Waals surface area contributed by atoms with Crippen molar-refractivity contribution < 1.29 is 13.9 Å². The molecule has 1 N–H and O–H groups in total. The van der Waals surface area contributed by atoms with Gasteiger partial charge in [-0.3, -0.25) is 9.69 Å². The van der Waals surface area contributed by atoms with E-state index in [1.807, 2.05) is 0 Å². The summed E-state index contributed by atoms with van der Waals surface area (Å²) in [7, 11) is 0. The van der Waals surface area contributed by atoms with Crippen molar-refractivity contribution in [3.8, 4) is 0 Å². The van der Waals surface area contributed by atoms with Crippen LogP contribution in [-0.4, -0.2) is 43.7 Å². The molecule has 0 aromatic heterocycles. The molecular formula is C16H21FN2O2. The number of benzene rings is 1. The number of rotatable bonds is 5. The highest BCUT2D eigenvalue weighted by Crippen LogP contribution is 2.29. The van der Waals surface area contributed by atoms with Crippen LogP contribution in [0.3, 0.4) is 0 Å². The summed E-state index contributed by atoms with van der Waals surface area (Å²) in [6.45, 7) is 3.65. The zero-order valence-corrected chi connectivity index (χ0v) is 12.1. The third kappa shape index (κ3) is 3.80. The van der Waals surface area contributed by atoms with Gasteiger partial charge in [0.2, 0.25) is 5.91 Å². The minimum atomic E-state index is -0.235. The summed E-state index contributed by atoms with van der Waals surface area (Å²) >= 11 is 0. The minimum Gasteiger partial charge on any atom is -0.379 e. The number of halogens is 1. The summed E-state index contributed by atoms with van der Waals surface area (Å²) in [5.74, 6) is 0.125. The topological polar surface area (TPSA) is 41.6 Å². The molecule has 1 heterocycles. The summed E-state index contributed by atoms with van der Waals surface area (Å²) in [5, 5.41) is 3.04. The average molecular weight is 292 g/mol. The van der Waals surface area contributed by atoms with Crippen LogP contribution in [0.5, 0.6) is 0 Å². The van der Waals surface area contributed by atoms with Gasteiger partial charge in [0.15, 0.2) is 0 Å². The molecule has 1 saturated carbocycles. The molecule has 1 saturated heterocycles. The Kier molecular flexibility index (Phi) is 4.51. The lowest BCUT2D eigenvalue weighted by Gasteiger charge is -2.35. The molecule has 0 bridgehead atoms. The van der Waals surface area contributed by atoms with Gasteiger partial charge in [-0.15, -0.1) is 0 Å². The van der Waals surface area contributed by atoms with E-state index in [1.165, 1.54) is 12.1 Å². The van der Waals surface area contributed by atoms with Crippen LogP contribution in [0.15, 0.2) is 24.3 Å². The van der Waals surface area contributed by atoms with Gasteiger partial charge in [-0.25, -0.2) is 4.39 Å². The van der Waals surface area contributed by atoms with E-state index in [2.05, 4.69) is 10.2 Å². The molecule has 5 heteroatoms. The second kappa shape index (κ2) is 6.54. The summed E-state index contributed by atoms with van der Waals surface area (Å²) in [5.41, 5.74) is 1.04. The Labute approximate surface area is 124 Å². The van der Waals surface area contributed by atoms with Crippen molar-refractivity contribution in [2.75, 3.05) is 32.8 Å². The third-order valence-corrected chi connectivity index (χ3v) is 4.16. The van der Waals surface area contributed by atoms with Crippen molar-refractivity contribution in [2.24, 2.45) is 5.92 Å². The van der Waals surface area contributed by atoms with Crippen LogP contribution in [0.1, 0.15) is 24.4 Å². The van der Waals surface area contributed by atoms with Gasteiger partial charge in [0, 0.05) is 25.6 Å². The minimum absolute atomic E-state index is 0.0807. The highest BCUT2D eigenvalue weighted by Gasteiger charge is 2.31. The first kappa shape index (κ1) is 14.5. The zero-order valence-electron chi connectivity index (χ0n) is 12.1. The first-order valence-electron chi connectivity index (χ1n) is 7.59. The van der Waals surface area contributed by atoms with Gasteiger partial charge < -0.3 is 10.1 Å². The van der Waals surface area contributed by atoms with E-state index in [0.29, 0.717) is 19.8 Å². The van der Waals surface area contributed by atoms with E-state index in [1.54, 1.807) is 12.1 Å². The molecule has 1 aromatic rings. The molecule has 0 spiro atoms. The predicted molar refractivity (Wildman–Crippen MR) is 77.3 cm³/mol. The molecule has 1 amide bonds. The number of nitrogens with zero attached hydrogens (tertiary/aromatic N) is 1. The summed E-state index contributed by atoms with van der Waals surface area (Å²) in [6.07, 6.45) is 2.01. The van der Waals surface area contributed by atoms with Crippen LogP contribution in [0.25, 0.3) is 0 Å². The summed E-state index contributed by atoms with van der Waals surface area (Å²) in [6, 6.07) is 6.64. The molecular weight excluding hydrogens is 271 g/mol. The molecule has 1 aliphatic heterocycles. The maximum Gasteiger partial charge on any atom is 0.223 e. The fourth-order valence-electron chi connectivity index (χ4n) is 2.72. The molecule has 1 aliphatic carbocycles. The van der Waals surface area contributed by atoms with Gasteiger partial charge in [-0.05, 0) is 30.5 Å². The number of hydrogen-bond acceptors (Lipinski definition) is 3. The van der Waals surface area contributed by atoms with Crippen molar-refractivity contribution in [3.05, 3.63) is 35.6 Å². The Morgan fingerprint density at radius 3 is 2.57 bits per heavy atom. The van der Waals surface area contributed by atoms with E-state index in [-0.39, 0.29) is 23.7 Å². The highest BCUT2D eigenvalue weighted by molar-refractivity contribution is 5.80. The number of hydrogen-bond donors (Lipinski definition) is 1. The molecule has 2 aliphatic rings. The fourth-order valence-corrected chi connectivity index (χ4v) is 2.72. The van der Waals surface area contributed by atoms with E-state index < -0.39 is 0 Å². The standard InChI is InChI=1S/C16H21FN2O2/c17-14-5-3-12(4-6-14)15(19-7-9-21-10-8-19)11-18-16(20)13-1-2-13/h3-6,13,15H,1-2,7-11H2,(H,18,20). The van der Waals surface area contributed by atoms with Crippen molar-refractivity contribution in [2.45, 2.75) is 18.9 Å². The second-order valence-corrected chi connectivity index (χ2v) is 5.74. The second-order valence-electron chi connectivity index (χ2n) is 5.74. The van der Waals surface area contributed by atoms with Crippen LogP contribution in [0.4, 0.5) is 4.39 Å². The monoisotopic (exact) mass is 292 g/mol. The number of ether oxygens (including phenoxy) is 1. The normalized spacial score (nSPS) is 21.0. The Morgan fingerprint density at radius 2 is 1.95 bits per heavy atom. The van der Waals surface area contributed by atoms with Crippen molar-refractivity contribution in [1.29, 1.82) is 0 Å². The zero-order chi connectivity index (χ0) is 14.7. The highest BCUT2D eigenvalue weighted by atomic mass is 19.1. The van der Waals surface area contributed by atoms with E-state index in [4.69, 9.17) is 4.74 Å². The molecule has 114 valence electrons. The maximum atomic E-state index is 13.1. The van der Waals surface area contributed by atoms with Crippen LogP contribution in [-0.2, 0) is 9.53 Å². The molecule has 2 fully saturated rings. The molecule has 1 atom stereocenters. The third-order valence-electron chi connectivity index (χ3n) is 4.16. The average Bonchev–Trinajstić information content (AvgIpc) is 3.35. The van der Waals surface area contributed by atoms with E-state index >= 15 is 0 Å².